The number of rotatable bonds is 1. The van der Waals surface area contributed by atoms with Crippen LogP contribution >= 0.6 is 0 Å². The Hall–Kier alpha value is -0.380. The summed E-state index contributed by atoms with van der Waals surface area (Å²) >= 11 is 0. The molecule has 0 bridgehead atoms. The third kappa shape index (κ3) is 1.84. The molecule has 3 nitrogen and oxygen atoms in total. The van der Waals surface area contributed by atoms with E-state index in [9.17, 15) is 0 Å². The first kappa shape index (κ1) is 9.82. The summed E-state index contributed by atoms with van der Waals surface area (Å²) in [6.07, 6.45) is 9.14. The summed E-state index contributed by atoms with van der Waals surface area (Å²) in [5.74, 6) is -0.191. The van der Waals surface area contributed by atoms with Crippen LogP contribution in [-0.4, -0.2) is 43.0 Å². The molecule has 84 valence electrons. The van der Waals surface area contributed by atoms with Crippen LogP contribution in [0, 0.1) is 0 Å². The van der Waals surface area contributed by atoms with Crippen molar-refractivity contribution in [1.82, 2.24) is 4.90 Å². The monoisotopic (exact) mass is 209 g/mol. The Balaban J connectivity index is 1.56. The van der Waals surface area contributed by atoms with Gasteiger partial charge in [-0.05, 0) is 12.8 Å². The summed E-state index contributed by atoms with van der Waals surface area (Å²) in [4.78, 5) is 2.56. The first-order valence-electron chi connectivity index (χ1n) is 6.05. The van der Waals surface area contributed by atoms with Gasteiger partial charge in [-0.25, -0.2) is 0 Å². The van der Waals surface area contributed by atoms with Crippen LogP contribution < -0.4 is 0 Å². The highest BCUT2D eigenvalue weighted by Gasteiger charge is 2.41. The average Bonchev–Trinajstić information content (AvgIpc) is 2.91. The van der Waals surface area contributed by atoms with Crippen molar-refractivity contribution in [1.29, 1.82) is 0 Å². The van der Waals surface area contributed by atoms with E-state index in [1.54, 1.807) is 0 Å². The van der Waals surface area contributed by atoms with E-state index < -0.39 is 0 Å². The standard InChI is InChI=1S/C12H19NO2/c1-2-8-13(7-1)11-3-5-12(6-4-11)14-9-10-15-12/h1-2,11H,3-10H2. The molecular weight excluding hydrogens is 190 g/mol. The topological polar surface area (TPSA) is 21.7 Å². The predicted molar refractivity (Wildman–Crippen MR) is 57.6 cm³/mol. The lowest BCUT2D eigenvalue weighted by Crippen LogP contribution is -2.43. The van der Waals surface area contributed by atoms with Crippen molar-refractivity contribution >= 4 is 0 Å². The second kappa shape index (κ2) is 3.89. The minimum atomic E-state index is -0.191. The Labute approximate surface area is 91.0 Å². The summed E-state index contributed by atoms with van der Waals surface area (Å²) in [6.45, 7) is 3.85. The summed E-state index contributed by atoms with van der Waals surface area (Å²) < 4.78 is 11.5. The molecule has 0 radical (unpaired) electrons. The predicted octanol–water partition coefficient (Wildman–Crippen LogP) is 1.54. The molecular formula is C12H19NO2. The maximum Gasteiger partial charge on any atom is 0.168 e. The van der Waals surface area contributed by atoms with Crippen LogP contribution in [0.15, 0.2) is 12.2 Å². The summed E-state index contributed by atoms with van der Waals surface area (Å²) in [5, 5.41) is 0. The molecule has 0 aromatic rings. The molecule has 1 spiro atoms. The van der Waals surface area contributed by atoms with Gasteiger partial charge in [0.15, 0.2) is 5.79 Å². The fraction of sp³-hybridized carbons (Fsp3) is 0.833. The van der Waals surface area contributed by atoms with Crippen molar-refractivity contribution in [2.24, 2.45) is 0 Å². The normalized spacial score (nSPS) is 31.7. The molecule has 3 rings (SSSR count). The van der Waals surface area contributed by atoms with E-state index in [1.807, 2.05) is 0 Å². The van der Waals surface area contributed by atoms with Gasteiger partial charge in [0.1, 0.15) is 0 Å². The van der Waals surface area contributed by atoms with Crippen LogP contribution in [0.25, 0.3) is 0 Å². The molecule has 2 heterocycles. The SMILES string of the molecule is C1=CCN(C2CCC3(CC2)OCCO3)C1. The first-order valence-corrected chi connectivity index (χ1v) is 6.05. The first-order chi connectivity index (χ1) is 7.38. The fourth-order valence-electron chi connectivity index (χ4n) is 2.99. The molecule has 3 aliphatic rings. The zero-order chi connectivity index (χ0) is 10.1. The van der Waals surface area contributed by atoms with Crippen molar-refractivity contribution in [2.45, 2.75) is 37.5 Å². The zero-order valence-electron chi connectivity index (χ0n) is 9.15. The van der Waals surface area contributed by atoms with E-state index >= 15 is 0 Å². The lowest BCUT2D eigenvalue weighted by molar-refractivity contribution is -0.183. The zero-order valence-corrected chi connectivity index (χ0v) is 9.15. The van der Waals surface area contributed by atoms with Gasteiger partial charge >= 0.3 is 0 Å². The van der Waals surface area contributed by atoms with E-state index in [-0.39, 0.29) is 5.79 Å². The van der Waals surface area contributed by atoms with Gasteiger partial charge in [-0.3, -0.25) is 4.90 Å². The van der Waals surface area contributed by atoms with Gasteiger partial charge in [0.2, 0.25) is 0 Å². The van der Waals surface area contributed by atoms with Crippen molar-refractivity contribution in [3.63, 3.8) is 0 Å². The Morgan fingerprint density at radius 2 is 1.60 bits per heavy atom. The van der Waals surface area contributed by atoms with Crippen molar-refractivity contribution in [2.75, 3.05) is 26.3 Å². The highest BCUT2D eigenvalue weighted by atomic mass is 16.7. The van der Waals surface area contributed by atoms with Gasteiger partial charge < -0.3 is 9.47 Å². The Morgan fingerprint density at radius 3 is 2.20 bits per heavy atom. The molecule has 0 aromatic carbocycles. The van der Waals surface area contributed by atoms with E-state index in [2.05, 4.69) is 17.1 Å². The average molecular weight is 209 g/mol. The quantitative estimate of drug-likeness (QED) is 0.611. The lowest BCUT2D eigenvalue weighted by atomic mass is 9.89. The molecule has 2 fully saturated rings. The molecule has 0 unspecified atom stereocenters. The van der Waals surface area contributed by atoms with E-state index in [0.717, 1.165) is 45.2 Å². The van der Waals surface area contributed by atoms with E-state index in [4.69, 9.17) is 9.47 Å². The van der Waals surface area contributed by atoms with Crippen molar-refractivity contribution in [3.05, 3.63) is 12.2 Å². The molecule has 1 saturated carbocycles. The number of nitrogens with zero attached hydrogens (tertiary/aromatic N) is 1. The lowest BCUT2D eigenvalue weighted by Gasteiger charge is -2.38. The summed E-state index contributed by atoms with van der Waals surface area (Å²) in [6, 6.07) is 0.749. The molecule has 1 saturated heterocycles. The third-order valence-electron chi connectivity index (χ3n) is 3.89. The maximum absolute atomic E-state index is 5.74. The number of hydrogen-bond acceptors (Lipinski definition) is 3. The molecule has 2 aliphatic heterocycles. The summed E-state index contributed by atoms with van der Waals surface area (Å²) in [7, 11) is 0. The smallest absolute Gasteiger partial charge is 0.168 e. The third-order valence-corrected chi connectivity index (χ3v) is 3.89. The van der Waals surface area contributed by atoms with E-state index in [1.165, 1.54) is 12.8 Å². The van der Waals surface area contributed by atoms with Crippen LogP contribution in [0.3, 0.4) is 0 Å². The Morgan fingerprint density at radius 1 is 1.00 bits per heavy atom. The Kier molecular flexibility index (Phi) is 2.54. The number of ether oxygens (including phenoxy) is 2. The van der Waals surface area contributed by atoms with Crippen molar-refractivity contribution < 1.29 is 9.47 Å². The van der Waals surface area contributed by atoms with Gasteiger partial charge in [-0.2, -0.15) is 0 Å². The van der Waals surface area contributed by atoms with Gasteiger partial charge in [-0.15, -0.1) is 0 Å². The molecule has 0 N–H and O–H groups in total. The molecule has 0 aromatic heterocycles. The second-order valence-electron chi connectivity index (χ2n) is 4.76. The highest BCUT2D eigenvalue weighted by Crippen LogP contribution is 2.37. The van der Waals surface area contributed by atoms with Crippen LogP contribution in [-0.2, 0) is 9.47 Å². The van der Waals surface area contributed by atoms with Crippen molar-refractivity contribution in [3.8, 4) is 0 Å². The summed E-state index contributed by atoms with van der Waals surface area (Å²) in [5.41, 5.74) is 0. The molecule has 1 aliphatic carbocycles. The molecule has 0 atom stereocenters. The largest absolute Gasteiger partial charge is 0.348 e. The van der Waals surface area contributed by atoms with Crippen LogP contribution in [0.2, 0.25) is 0 Å². The Bertz CT molecular complexity index is 240. The molecule has 3 heteroatoms. The van der Waals surface area contributed by atoms with Gasteiger partial charge in [0.25, 0.3) is 0 Å². The van der Waals surface area contributed by atoms with Gasteiger partial charge in [-0.1, -0.05) is 12.2 Å². The van der Waals surface area contributed by atoms with Crippen LogP contribution in [0.5, 0.6) is 0 Å². The minimum absolute atomic E-state index is 0.191. The van der Waals surface area contributed by atoms with Crippen LogP contribution in [0.4, 0.5) is 0 Å². The second-order valence-corrected chi connectivity index (χ2v) is 4.76. The molecule has 15 heavy (non-hydrogen) atoms. The molecule has 0 amide bonds. The highest BCUT2D eigenvalue weighted by molar-refractivity contribution is 4.99. The maximum atomic E-state index is 5.74. The van der Waals surface area contributed by atoms with E-state index in [0.29, 0.717) is 0 Å². The van der Waals surface area contributed by atoms with Crippen LogP contribution in [0.1, 0.15) is 25.7 Å². The fourth-order valence-corrected chi connectivity index (χ4v) is 2.99. The van der Waals surface area contributed by atoms with Gasteiger partial charge in [0, 0.05) is 32.0 Å². The minimum Gasteiger partial charge on any atom is -0.348 e. The van der Waals surface area contributed by atoms with Gasteiger partial charge in [0.05, 0.1) is 13.2 Å². The number of hydrogen-bond donors (Lipinski definition) is 0.